The van der Waals surface area contributed by atoms with E-state index in [-0.39, 0.29) is 11.8 Å². The molecule has 2 aromatic rings. The molecule has 0 saturated heterocycles. The van der Waals surface area contributed by atoms with Gasteiger partial charge in [0.15, 0.2) is 9.84 Å². The highest BCUT2D eigenvalue weighted by atomic mass is 32.2. The molecule has 0 aromatic carbocycles. The Labute approximate surface area is 108 Å². The molecule has 5 nitrogen and oxygen atoms in total. The minimum Gasteiger partial charge on any atom is -0.362 e. The zero-order chi connectivity index (χ0) is 12.8. The van der Waals surface area contributed by atoms with Crippen LogP contribution in [0.5, 0.6) is 0 Å². The van der Waals surface area contributed by atoms with Gasteiger partial charge in [0.25, 0.3) is 0 Å². The maximum atomic E-state index is 11.3. The van der Waals surface area contributed by atoms with E-state index in [1.54, 1.807) is 17.4 Å². The number of hydrogen-bond donors (Lipinski definition) is 1. The van der Waals surface area contributed by atoms with Crippen molar-refractivity contribution in [2.75, 3.05) is 11.1 Å². The molecule has 1 N–H and O–H groups in total. The fraction of sp³-hybridized carbons (Fsp3) is 0.273. The molecule has 7 heteroatoms. The van der Waals surface area contributed by atoms with Crippen LogP contribution >= 0.6 is 11.3 Å². The first kappa shape index (κ1) is 11.6. The van der Waals surface area contributed by atoms with Gasteiger partial charge < -0.3 is 5.32 Å². The summed E-state index contributed by atoms with van der Waals surface area (Å²) in [6, 6.07) is -0.212. The van der Waals surface area contributed by atoms with Crippen LogP contribution in [-0.2, 0) is 9.84 Å². The summed E-state index contributed by atoms with van der Waals surface area (Å²) in [5.41, 5.74) is 2.03. The summed E-state index contributed by atoms with van der Waals surface area (Å²) in [5, 5.41) is 6.42. The van der Waals surface area contributed by atoms with E-state index in [0.29, 0.717) is 5.82 Å². The van der Waals surface area contributed by atoms with Gasteiger partial charge in [-0.25, -0.2) is 18.4 Å². The second-order valence-electron chi connectivity index (χ2n) is 4.23. The van der Waals surface area contributed by atoms with E-state index in [1.165, 1.54) is 11.7 Å². The van der Waals surface area contributed by atoms with Gasteiger partial charge in [0.2, 0.25) is 0 Å². The number of nitrogens with zero attached hydrogens (tertiary/aromatic N) is 2. The molecule has 1 aliphatic rings. The lowest BCUT2D eigenvalue weighted by molar-refractivity contribution is 0.605. The Morgan fingerprint density at radius 1 is 1.44 bits per heavy atom. The smallest absolute Gasteiger partial charge is 0.173 e. The van der Waals surface area contributed by atoms with E-state index >= 15 is 0 Å². The third kappa shape index (κ3) is 1.99. The van der Waals surface area contributed by atoms with Crippen LogP contribution in [0.1, 0.15) is 5.56 Å². The zero-order valence-electron chi connectivity index (χ0n) is 9.62. The number of aromatic nitrogens is 2. The van der Waals surface area contributed by atoms with Crippen LogP contribution in [0.3, 0.4) is 0 Å². The molecular weight excluding hydrogens is 270 g/mol. The average molecular weight is 281 g/mol. The maximum Gasteiger partial charge on any atom is 0.173 e. The Balaban J connectivity index is 1.94. The van der Waals surface area contributed by atoms with Gasteiger partial charge >= 0.3 is 0 Å². The zero-order valence-corrected chi connectivity index (χ0v) is 11.3. The molecular formula is C11H11N3O2S2. The van der Waals surface area contributed by atoms with E-state index in [4.69, 9.17) is 0 Å². The van der Waals surface area contributed by atoms with Crippen molar-refractivity contribution in [2.45, 2.75) is 13.0 Å². The molecule has 18 heavy (non-hydrogen) atoms. The lowest BCUT2D eigenvalue weighted by Gasteiger charge is -2.10. The van der Waals surface area contributed by atoms with Crippen molar-refractivity contribution in [1.29, 1.82) is 0 Å². The SMILES string of the molecule is Cc1csc2c(NC3C=CS(=O)(=O)C3)ncnc12. The van der Waals surface area contributed by atoms with Crippen molar-refractivity contribution < 1.29 is 8.42 Å². The van der Waals surface area contributed by atoms with Gasteiger partial charge in [0.1, 0.15) is 12.1 Å². The van der Waals surface area contributed by atoms with Crippen molar-refractivity contribution >= 4 is 37.2 Å². The second kappa shape index (κ2) is 4.03. The average Bonchev–Trinajstić information content (AvgIpc) is 2.84. The summed E-state index contributed by atoms with van der Waals surface area (Å²) >= 11 is 1.56. The van der Waals surface area contributed by atoms with E-state index in [9.17, 15) is 8.42 Å². The maximum absolute atomic E-state index is 11.3. The minimum atomic E-state index is -3.05. The number of anilines is 1. The highest BCUT2D eigenvalue weighted by molar-refractivity contribution is 7.94. The van der Waals surface area contributed by atoms with Crippen molar-refractivity contribution in [3.05, 3.63) is 28.8 Å². The van der Waals surface area contributed by atoms with Crippen LogP contribution in [0, 0.1) is 6.92 Å². The summed E-state index contributed by atoms with van der Waals surface area (Å²) in [6.07, 6.45) is 3.15. The first-order valence-corrected chi connectivity index (χ1v) is 8.01. The number of sulfone groups is 1. The van der Waals surface area contributed by atoms with Crippen molar-refractivity contribution in [2.24, 2.45) is 0 Å². The number of aryl methyl sites for hydroxylation is 1. The lowest BCUT2D eigenvalue weighted by Crippen LogP contribution is -2.21. The van der Waals surface area contributed by atoms with Gasteiger partial charge in [-0.2, -0.15) is 0 Å². The molecule has 0 fully saturated rings. The Morgan fingerprint density at radius 3 is 3.00 bits per heavy atom. The van der Waals surface area contributed by atoms with Gasteiger partial charge in [-0.1, -0.05) is 0 Å². The van der Waals surface area contributed by atoms with E-state index in [2.05, 4.69) is 15.3 Å². The highest BCUT2D eigenvalue weighted by Crippen LogP contribution is 2.29. The van der Waals surface area contributed by atoms with Crippen LogP contribution in [0.4, 0.5) is 5.82 Å². The van der Waals surface area contributed by atoms with E-state index in [1.807, 2.05) is 12.3 Å². The normalized spacial score (nSPS) is 21.5. The topological polar surface area (TPSA) is 72.0 Å². The molecule has 3 rings (SSSR count). The third-order valence-electron chi connectivity index (χ3n) is 2.78. The fourth-order valence-corrected chi connectivity index (χ4v) is 4.10. The van der Waals surface area contributed by atoms with Gasteiger partial charge in [0, 0.05) is 5.41 Å². The summed E-state index contributed by atoms with van der Waals surface area (Å²) in [5.74, 6) is 0.785. The summed E-state index contributed by atoms with van der Waals surface area (Å²) in [6.45, 7) is 2.00. The molecule has 0 radical (unpaired) electrons. The monoisotopic (exact) mass is 281 g/mol. The largest absolute Gasteiger partial charge is 0.362 e. The quantitative estimate of drug-likeness (QED) is 0.907. The first-order chi connectivity index (χ1) is 8.55. The van der Waals surface area contributed by atoms with Crippen LogP contribution in [-0.4, -0.2) is 30.2 Å². The minimum absolute atomic E-state index is 0.0862. The van der Waals surface area contributed by atoms with Gasteiger partial charge in [-0.3, -0.25) is 0 Å². The molecule has 0 spiro atoms. The van der Waals surface area contributed by atoms with Crippen LogP contribution in [0.25, 0.3) is 10.2 Å². The van der Waals surface area contributed by atoms with Crippen molar-refractivity contribution in [3.8, 4) is 0 Å². The van der Waals surface area contributed by atoms with Crippen LogP contribution in [0.15, 0.2) is 23.2 Å². The van der Waals surface area contributed by atoms with Crippen LogP contribution in [0.2, 0.25) is 0 Å². The molecule has 0 bridgehead atoms. The van der Waals surface area contributed by atoms with Crippen molar-refractivity contribution in [3.63, 3.8) is 0 Å². The van der Waals surface area contributed by atoms with Gasteiger partial charge in [-0.05, 0) is 23.9 Å². The predicted octanol–water partition coefficient (Wildman–Crippen LogP) is 1.72. The number of hydrogen-bond acceptors (Lipinski definition) is 6. The Bertz CT molecular complexity index is 734. The Hall–Kier alpha value is -1.47. The second-order valence-corrected chi connectivity index (χ2v) is 7.04. The molecule has 1 aliphatic heterocycles. The van der Waals surface area contributed by atoms with E-state index < -0.39 is 9.84 Å². The van der Waals surface area contributed by atoms with Crippen LogP contribution < -0.4 is 5.32 Å². The molecule has 0 amide bonds. The Morgan fingerprint density at radius 2 is 2.28 bits per heavy atom. The first-order valence-electron chi connectivity index (χ1n) is 5.41. The number of fused-ring (bicyclic) bond motifs is 1. The van der Waals surface area contributed by atoms with Gasteiger partial charge in [0.05, 0.1) is 22.0 Å². The summed E-state index contributed by atoms with van der Waals surface area (Å²) in [7, 11) is -3.05. The lowest BCUT2D eigenvalue weighted by atomic mass is 10.3. The van der Waals surface area contributed by atoms with Crippen molar-refractivity contribution in [1.82, 2.24) is 9.97 Å². The molecule has 1 unspecified atom stereocenters. The highest BCUT2D eigenvalue weighted by Gasteiger charge is 2.22. The summed E-state index contributed by atoms with van der Waals surface area (Å²) in [4.78, 5) is 8.42. The molecule has 0 aliphatic carbocycles. The molecule has 2 aromatic heterocycles. The molecule has 1 atom stereocenters. The molecule has 0 saturated carbocycles. The standard InChI is InChI=1S/C11H11N3O2S2/c1-7-4-17-10-9(7)12-6-13-11(10)14-8-2-3-18(15,16)5-8/h2-4,6,8H,5H2,1H3,(H,12,13,14). The van der Waals surface area contributed by atoms with E-state index in [0.717, 1.165) is 15.8 Å². The fourth-order valence-electron chi connectivity index (χ4n) is 1.91. The number of thiophene rings is 1. The number of nitrogens with one attached hydrogen (secondary N) is 1. The summed E-state index contributed by atoms with van der Waals surface area (Å²) < 4.78 is 23.6. The predicted molar refractivity (Wildman–Crippen MR) is 72.5 cm³/mol. The van der Waals surface area contributed by atoms with Gasteiger partial charge in [-0.15, -0.1) is 11.3 Å². The Kier molecular flexibility index (Phi) is 2.60. The molecule has 3 heterocycles. The molecule has 94 valence electrons. The number of rotatable bonds is 2. The third-order valence-corrected chi connectivity index (χ3v) is 5.27.